The average Bonchev–Trinajstić information content (AvgIpc) is 3.74. The molecule has 0 amide bonds. The molecule has 0 radical (unpaired) electrons. The molecule has 2 heteroatoms. The van der Waals surface area contributed by atoms with Crippen molar-refractivity contribution in [3.05, 3.63) is 224 Å². The summed E-state index contributed by atoms with van der Waals surface area (Å²) in [7, 11) is 0. The van der Waals surface area contributed by atoms with E-state index >= 15 is 0 Å². The van der Waals surface area contributed by atoms with Crippen molar-refractivity contribution in [1.82, 2.24) is 0 Å². The highest BCUT2D eigenvalue weighted by atomic mass is 32.1. The maximum absolute atomic E-state index is 2.48. The summed E-state index contributed by atoms with van der Waals surface area (Å²) in [4.78, 5) is 2.48. The van der Waals surface area contributed by atoms with Crippen LogP contribution in [0.25, 0.3) is 96.6 Å². The van der Waals surface area contributed by atoms with Gasteiger partial charge in [-0.25, -0.2) is 0 Å². The molecule has 1 nitrogen and oxygen atoms in total. The van der Waals surface area contributed by atoms with E-state index in [1.165, 1.54) is 108 Å². The third kappa shape index (κ3) is 6.45. The van der Waals surface area contributed by atoms with Crippen molar-refractivity contribution in [3.8, 4) is 33.4 Å². The van der Waals surface area contributed by atoms with Crippen LogP contribution in [0.2, 0.25) is 0 Å². The molecular weight excluding hydrogens is 779 g/mol. The van der Waals surface area contributed by atoms with Gasteiger partial charge < -0.3 is 4.90 Å². The monoisotopic (exact) mass is 821 g/mol. The second-order valence-electron chi connectivity index (χ2n) is 17.1. The van der Waals surface area contributed by atoms with Gasteiger partial charge in [0.2, 0.25) is 0 Å². The fourth-order valence-corrected chi connectivity index (χ4v) is 11.2. The van der Waals surface area contributed by atoms with E-state index in [9.17, 15) is 0 Å². The Labute approximate surface area is 371 Å². The number of anilines is 3. The summed E-state index contributed by atoms with van der Waals surface area (Å²) >= 11 is 1.94. The molecule has 0 aliphatic carbocycles. The van der Waals surface area contributed by atoms with Gasteiger partial charge in [0, 0.05) is 26.8 Å². The first-order valence-corrected chi connectivity index (χ1v) is 22.7. The summed E-state index contributed by atoms with van der Waals surface area (Å²) < 4.78 is 2.68. The predicted octanol–water partition coefficient (Wildman–Crippen LogP) is 18.3. The van der Waals surface area contributed by atoms with Crippen LogP contribution in [0.15, 0.2) is 218 Å². The quantitative estimate of drug-likeness (QED) is 0.155. The summed E-state index contributed by atoms with van der Waals surface area (Å²) in [5.74, 6) is 0.420. The molecule has 0 atom stereocenters. The van der Waals surface area contributed by atoms with Gasteiger partial charge in [0.1, 0.15) is 0 Å². The van der Waals surface area contributed by atoms with Gasteiger partial charge in [0.25, 0.3) is 0 Å². The Morgan fingerprint density at radius 1 is 0.349 bits per heavy atom. The number of hydrogen-bond donors (Lipinski definition) is 0. The zero-order valence-electron chi connectivity index (χ0n) is 35.2. The molecule has 11 aromatic carbocycles. The zero-order chi connectivity index (χ0) is 42.0. The molecule has 298 valence electrons. The molecule has 0 bridgehead atoms. The SMILES string of the molecule is CC(C)c1cccc2c1sc1c(N(c3ccc(-c4ccc5cc(-c6ccc7ccccc7c6)ccc5c4)cc3)c3ccc(-c4cccc5ccccc45)cc3)cc3ccccc3c12. The lowest BCUT2D eigenvalue weighted by atomic mass is 9.96. The standard InChI is InChI=1S/C61H43NS/c1-39(2)53-18-10-20-57-59-56-17-8-6-14-50(56)38-58(61(59)63-60(53)57)62(52-33-29-43(30-34-52)55-19-9-15-42-12-5-7-16-54(42)55)51-31-27-41(28-32-51)45-23-24-48-37-49(26-25-47(48)36-45)46-22-21-40-11-3-4-13-44(40)35-46/h3-39H,1-2H3. The number of hydrogen-bond acceptors (Lipinski definition) is 2. The molecule has 12 rings (SSSR count). The molecule has 0 saturated carbocycles. The van der Waals surface area contributed by atoms with Crippen molar-refractivity contribution in [1.29, 1.82) is 0 Å². The number of fused-ring (bicyclic) bond motifs is 8. The highest BCUT2D eigenvalue weighted by Gasteiger charge is 2.22. The van der Waals surface area contributed by atoms with E-state index in [1.54, 1.807) is 0 Å². The van der Waals surface area contributed by atoms with E-state index in [4.69, 9.17) is 0 Å². The van der Waals surface area contributed by atoms with Crippen molar-refractivity contribution in [3.63, 3.8) is 0 Å². The van der Waals surface area contributed by atoms with Gasteiger partial charge in [-0.1, -0.05) is 184 Å². The van der Waals surface area contributed by atoms with Crippen LogP contribution in [0.5, 0.6) is 0 Å². The van der Waals surface area contributed by atoms with Crippen molar-refractivity contribution < 1.29 is 0 Å². The third-order valence-corrected chi connectivity index (χ3v) is 14.2. The number of rotatable bonds is 7. The second kappa shape index (κ2) is 15.1. The minimum absolute atomic E-state index is 0.420. The fourth-order valence-electron chi connectivity index (χ4n) is 9.74. The first kappa shape index (κ1) is 37.3. The third-order valence-electron chi connectivity index (χ3n) is 13.0. The lowest BCUT2D eigenvalue weighted by molar-refractivity contribution is 0.878. The van der Waals surface area contributed by atoms with E-state index in [-0.39, 0.29) is 0 Å². The number of nitrogens with zero attached hydrogens (tertiary/aromatic N) is 1. The molecule has 12 aromatic rings. The molecular formula is C61H43NS. The summed E-state index contributed by atoms with van der Waals surface area (Å²) in [5.41, 5.74) is 12.2. The van der Waals surface area contributed by atoms with Crippen molar-refractivity contribution in [2.75, 3.05) is 4.90 Å². The second-order valence-corrected chi connectivity index (χ2v) is 18.1. The van der Waals surface area contributed by atoms with Crippen LogP contribution in [-0.2, 0) is 0 Å². The molecule has 0 fully saturated rings. The van der Waals surface area contributed by atoms with Gasteiger partial charge in [-0.2, -0.15) is 0 Å². The fraction of sp³-hybridized carbons (Fsp3) is 0.0492. The van der Waals surface area contributed by atoms with Gasteiger partial charge >= 0.3 is 0 Å². The maximum atomic E-state index is 2.48. The average molecular weight is 822 g/mol. The summed E-state index contributed by atoms with van der Waals surface area (Å²) in [6, 6.07) is 80.8. The van der Waals surface area contributed by atoms with E-state index in [2.05, 4.69) is 237 Å². The van der Waals surface area contributed by atoms with E-state index in [0.29, 0.717) is 5.92 Å². The molecule has 1 aromatic heterocycles. The molecule has 0 N–H and O–H groups in total. The predicted molar refractivity (Wildman–Crippen MR) is 274 cm³/mol. The molecule has 63 heavy (non-hydrogen) atoms. The molecule has 0 spiro atoms. The van der Waals surface area contributed by atoms with Crippen LogP contribution in [-0.4, -0.2) is 0 Å². The van der Waals surface area contributed by atoms with Crippen molar-refractivity contribution >= 4 is 91.7 Å². The van der Waals surface area contributed by atoms with Gasteiger partial charge in [0.05, 0.1) is 10.4 Å². The van der Waals surface area contributed by atoms with E-state index in [0.717, 1.165) is 11.4 Å². The van der Waals surface area contributed by atoms with Crippen molar-refractivity contribution in [2.45, 2.75) is 19.8 Å². The first-order valence-electron chi connectivity index (χ1n) is 21.9. The van der Waals surface area contributed by atoms with Crippen LogP contribution in [0.4, 0.5) is 17.1 Å². The molecule has 0 aliphatic rings. The Bertz CT molecular complexity index is 3700. The Kier molecular flexibility index (Phi) is 8.95. The lowest BCUT2D eigenvalue weighted by Gasteiger charge is -2.27. The molecule has 0 aliphatic heterocycles. The van der Waals surface area contributed by atoms with Crippen LogP contribution in [0.1, 0.15) is 25.3 Å². The normalized spacial score (nSPS) is 11.8. The van der Waals surface area contributed by atoms with Crippen LogP contribution in [0.3, 0.4) is 0 Å². The summed E-state index contributed by atoms with van der Waals surface area (Å²) in [6.45, 7) is 4.62. The van der Waals surface area contributed by atoms with Gasteiger partial charge in [-0.15, -0.1) is 11.3 Å². The van der Waals surface area contributed by atoms with Gasteiger partial charge in [-0.3, -0.25) is 0 Å². The minimum Gasteiger partial charge on any atom is -0.309 e. The smallest absolute Gasteiger partial charge is 0.0646 e. The Morgan fingerprint density at radius 2 is 0.841 bits per heavy atom. The Morgan fingerprint density at radius 3 is 1.52 bits per heavy atom. The number of thiophene rings is 1. The topological polar surface area (TPSA) is 3.24 Å². The Hall–Kier alpha value is -7.52. The zero-order valence-corrected chi connectivity index (χ0v) is 36.0. The molecule has 0 unspecified atom stereocenters. The first-order chi connectivity index (χ1) is 31.0. The van der Waals surface area contributed by atoms with Crippen LogP contribution >= 0.6 is 11.3 Å². The molecule has 1 heterocycles. The highest BCUT2D eigenvalue weighted by Crippen LogP contribution is 2.50. The largest absolute Gasteiger partial charge is 0.309 e. The molecule has 0 saturated heterocycles. The van der Waals surface area contributed by atoms with Gasteiger partial charge in [-0.05, 0) is 136 Å². The highest BCUT2D eigenvalue weighted by molar-refractivity contribution is 7.26. The lowest BCUT2D eigenvalue weighted by Crippen LogP contribution is -2.10. The van der Waals surface area contributed by atoms with Crippen LogP contribution in [0, 0.1) is 0 Å². The van der Waals surface area contributed by atoms with Crippen molar-refractivity contribution in [2.24, 2.45) is 0 Å². The minimum atomic E-state index is 0.420. The van der Waals surface area contributed by atoms with E-state index < -0.39 is 0 Å². The summed E-state index contributed by atoms with van der Waals surface area (Å²) in [6.07, 6.45) is 0. The van der Waals surface area contributed by atoms with Gasteiger partial charge in [0.15, 0.2) is 0 Å². The summed E-state index contributed by atoms with van der Waals surface area (Å²) in [5, 5.41) is 12.7. The maximum Gasteiger partial charge on any atom is 0.0646 e. The Balaban J connectivity index is 0.982. The number of benzene rings is 11. The van der Waals surface area contributed by atoms with E-state index in [1.807, 2.05) is 11.3 Å². The van der Waals surface area contributed by atoms with Crippen LogP contribution < -0.4 is 4.90 Å².